The lowest BCUT2D eigenvalue weighted by Gasteiger charge is -2.23. The second kappa shape index (κ2) is 8.93. The highest BCUT2D eigenvalue weighted by molar-refractivity contribution is 6.71. The van der Waals surface area contributed by atoms with E-state index in [0.29, 0.717) is 0 Å². The van der Waals surface area contributed by atoms with E-state index < -0.39 is 0 Å². The molecule has 0 atom stereocenters. The summed E-state index contributed by atoms with van der Waals surface area (Å²) >= 11 is 0. The van der Waals surface area contributed by atoms with Crippen LogP contribution in [0.25, 0.3) is 49.7 Å². The minimum atomic E-state index is 0.232. The molecule has 187 valence electrons. The number of para-hydroxylation sites is 2. The number of rotatable bonds is 3. The van der Waals surface area contributed by atoms with Crippen LogP contribution in [-0.2, 0) is 0 Å². The average Bonchev–Trinajstić information content (AvgIpc) is 3.35. The third kappa shape index (κ3) is 3.54. The highest BCUT2D eigenvalue weighted by atomic mass is 16.5. The number of fused-ring (bicyclic) bond motifs is 5. The number of ether oxygens (including phenoxy) is 1. The lowest BCUT2D eigenvalue weighted by atomic mass is 9.59. The molecule has 0 aliphatic carbocycles. The molecule has 1 aliphatic heterocycles. The summed E-state index contributed by atoms with van der Waals surface area (Å²) in [5.74, 6) is 1.84. The second-order valence-corrected chi connectivity index (χ2v) is 10.2. The van der Waals surface area contributed by atoms with Crippen molar-refractivity contribution >= 4 is 40.0 Å². The highest BCUT2D eigenvalue weighted by Gasteiger charge is 2.23. The van der Waals surface area contributed by atoms with Gasteiger partial charge in [0.05, 0.1) is 11.0 Å². The van der Waals surface area contributed by atoms with Crippen molar-refractivity contribution in [3.63, 3.8) is 0 Å². The van der Waals surface area contributed by atoms with Gasteiger partial charge < -0.3 is 14.4 Å². The van der Waals surface area contributed by atoms with Gasteiger partial charge in [-0.25, -0.2) is 0 Å². The number of hydrogen-bond acceptors (Lipinski definition) is 2. The first kappa shape index (κ1) is 22.7. The summed E-state index contributed by atoms with van der Waals surface area (Å²) in [5.41, 5.74) is 9.21. The van der Waals surface area contributed by atoms with Crippen LogP contribution < -0.4 is 15.7 Å². The lowest BCUT2D eigenvalue weighted by Crippen LogP contribution is -2.35. The quantitative estimate of drug-likeness (QED) is 0.248. The Balaban J connectivity index is 1.27. The maximum Gasteiger partial charge on any atom is 0.202 e. The Bertz CT molecular complexity index is 2020. The van der Waals surface area contributed by atoms with Crippen molar-refractivity contribution in [3.05, 3.63) is 133 Å². The van der Waals surface area contributed by atoms with Crippen LogP contribution in [-0.4, -0.2) is 17.0 Å². The molecule has 1 N–H and O–H groups in total. The van der Waals surface area contributed by atoms with Crippen molar-refractivity contribution in [1.82, 2.24) is 4.57 Å². The van der Waals surface area contributed by atoms with E-state index in [-0.39, 0.29) is 5.75 Å². The molecule has 1 aliphatic rings. The Hall–Kier alpha value is -5.22. The Kier molecular flexibility index (Phi) is 5.07. The van der Waals surface area contributed by atoms with Gasteiger partial charge in [-0.3, -0.25) is 0 Å². The molecule has 7 aromatic rings. The standard InChI is InChI=1S/C36H23BNO2/c39-33-19-18-25(38-31-14-6-4-11-26(31)27-12-5-7-15-32(27)38)22-29(33)28-13-8-16-35-36(28)37-30-21-24(17-20-34(30)40-35)23-9-2-1-3-10-23/h1-22,39H. The molecule has 0 unspecified atom stereocenters. The van der Waals surface area contributed by atoms with E-state index in [2.05, 4.69) is 109 Å². The fraction of sp³-hybridized carbons (Fsp3) is 0. The molecular formula is C36H23BNO2. The highest BCUT2D eigenvalue weighted by Crippen LogP contribution is 2.37. The Morgan fingerprint density at radius 3 is 2.05 bits per heavy atom. The summed E-state index contributed by atoms with van der Waals surface area (Å²) in [6.07, 6.45) is 0. The van der Waals surface area contributed by atoms with E-state index in [1.54, 1.807) is 6.07 Å². The van der Waals surface area contributed by atoms with Crippen molar-refractivity contribution in [2.45, 2.75) is 0 Å². The van der Waals surface area contributed by atoms with Crippen LogP contribution in [0.15, 0.2) is 133 Å². The SMILES string of the molecule is Oc1ccc(-n2c3ccccc3c3ccccc32)cc1-c1cccc2c1[B]c1cc(-c3ccccc3)ccc1O2. The summed E-state index contributed by atoms with van der Waals surface area (Å²) in [6, 6.07) is 45.4. The largest absolute Gasteiger partial charge is 0.507 e. The van der Waals surface area contributed by atoms with Gasteiger partial charge in [-0.15, -0.1) is 0 Å². The molecule has 8 rings (SSSR count). The topological polar surface area (TPSA) is 34.4 Å². The normalized spacial score (nSPS) is 12.0. The zero-order chi connectivity index (χ0) is 26.6. The minimum absolute atomic E-state index is 0.232. The molecule has 2 heterocycles. The Labute approximate surface area is 232 Å². The molecule has 0 fully saturated rings. The minimum Gasteiger partial charge on any atom is -0.507 e. The average molecular weight is 512 g/mol. The van der Waals surface area contributed by atoms with E-state index in [1.807, 2.05) is 30.3 Å². The van der Waals surface area contributed by atoms with Crippen molar-refractivity contribution in [2.75, 3.05) is 0 Å². The van der Waals surface area contributed by atoms with Gasteiger partial charge in [-0.05, 0) is 70.1 Å². The molecule has 0 amide bonds. The predicted molar refractivity (Wildman–Crippen MR) is 165 cm³/mol. The van der Waals surface area contributed by atoms with Crippen LogP contribution in [0.2, 0.25) is 0 Å². The maximum atomic E-state index is 11.1. The third-order valence-electron chi connectivity index (χ3n) is 7.81. The van der Waals surface area contributed by atoms with Crippen LogP contribution in [0.5, 0.6) is 17.2 Å². The molecule has 4 heteroatoms. The number of benzene rings is 6. The van der Waals surface area contributed by atoms with Crippen molar-refractivity contribution in [2.24, 2.45) is 0 Å². The van der Waals surface area contributed by atoms with Gasteiger partial charge in [0.25, 0.3) is 0 Å². The van der Waals surface area contributed by atoms with E-state index in [4.69, 9.17) is 4.74 Å². The Morgan fingerprint density at radius 2 is 1.27 bits per heavy atom. The molecule has 1 radical (unpaired) electrons. The summed E-state index contributed by atoms with van der Waals surface area (Å²) in [5, 5.41) is 13.5. The van der Waals surface area contributed by atoms with E-state index in [0.717, 1.165) is 61.4 Å². The number of nitrogens with zero attached hydrogens (tertiary/aromatic N) is 1. The molecule has 3 nitrogen and oxygen atoms in total. The van der Waals surface area contributed by atoms with Gasteiger partial charge in [0.1, 0.15) is 17.2 Å². The molecule has 0 saturated carbocycles. The van der Waals surface area contributed by atoms with Gasteiger partial charge >= 0.3 is 0 Å². The zero-order valence-corrected chi connectivity index (χ0v) is 21.6. The third-order valence-corrected chi connectivity index (χ3v) is 7.81. The lowest BCUT2D eigenvalue weighted by molar-refractivity contribution is 0.477. The fourth-order valence-electron chi connectivity index (χ4n) is 5.93. The van der Waals surface area contributed by atoms with E-state index in [9.17, 15) is 5.11 Å². The first-order valence-corrected chi connectivity index (χ1v) is 13.4. The second-order valence-electron chi connectivity index (χ2n) is 10.2. The summed E-state index contributed by atoms with van der Waals surface area (Å²) < 4.78 is 8.64. The van der Waals surface area contributed by atoms with Crippen molar-refractivity contribution < 1.29 is 9.84 Å². The molecule has 1 aromatic heterocycles. The van der Waals surface area contributed by atoms with E-state index in [1.165, 1.54) is 10.8 Å². The fourth-order valence-corrected chi connectivity index (χ4v) is 5.93. The first-order chi connectivity index (χ1) is 19.7. The van der Waals surface area contributed by atoms with Crippen molar-refractivity contribution in [1.29, 1.82) is 0 Å². The molecule has 0 bridgehead atoms. The van der Waals surface area contributed by atoms with Gasteiger partial charge in [-0.1, -0.05) is 91.0 Å². The summed E-state index contributed by atoms with van der Waals surface area (Å²) in [6.45, 7) is 0. The summed E-state index contributed by atoms with van der Waals surface area (Å²) in [7, 11) is 2.17. The molecule has 0 spiro atoms. The van der Waals surface area contributed by atoms with E-state index >= 15 is 0 Å². The predicted octanol–water partition coefficient (Wildman–Crippen LogP) is 7.58. The van der Waals surface area contributed by atoms with Gasteiger partial charge in [-0.2, -0.15) is 0 Å². The number of aromatic nitrogens is 1. The monoisotopic (exact) mass is 512 g/mol. The van der Waals surface area contributed by atoms with Crippen molar-refractivity contribution in [3.8, 4) is 45.2 Å². The van der Waals surface area contributed by atoms with Crippen LogP contribution in [0.4, 0.5) is 0 Å². The zero-order valence-electron chi connectivity index (χ0n) is 21.6. The number of phenols is 1. The molecule has 6 aromatic carbocycles. The molecule has 0 saturated heterocycles. The van der Waals surface area contributed by atoms with Crippen LogP contribution in [0.1, 0.15) is 0 Å². The number of aromatic hydroxyl groups is 1. The number of hydrogen-bond donors (Lipinski definition) is 1. The first-order valence-electron chi connectivity index (χ1n) is 13.4. The number of phenolic OH excluding ortho intramolecular Hbond substituents is 1. The maximum absolute atomic E-state index is 11.1. The molecule has 40 heavy (non-hydrogen) atoms. The van der Waals surface area contributed by atoms with Crippen LogP contribution in [0, 0.1) is 0 Å². The van der Waals surface area contributed by atoms with Gasteiger partial charge in [0.15, 0.2) is 0 Å². The van der Waals surface area contributed by atoms with Crippen LogP contribution >= 0.6 is 0 Å². The van der Waals surface area contributed by atoms with Gasteiger partial charge in [0, 0.05) is 22.0 Å². The Morgan fingerprint density at radius 1 is 0.550 bits per heavy atom. The smallest absolute Gasteiger partial charge is 0.202 e. The van der Waals surface area contributed by atoms with Gasteiger partial charge in [0.2, 0.25) is 7.28 Å². The summed E-state index contributed by atoms with van der Waals surface area (Å²) in [4.78, 5) is 0. The van der Waals surface area contributed by atoms with Crippen LogP contribution in [0.3, 0.4) is 0 Å². The molecular weight excluding hydrogens is 489 g/mol.